The molecule has 0 spiro atoms. The fourth-order valence-electron chi connectivity index (χ4n) is 2.10. The van der Waals surface area contributed by atoms with Crippen LogP contribution in [-0.4, -0.2) is 18.3 Å². The van der Waals surface area contributed by atoms with Crippen molar-refractivity contribution < 1.29 is 9.84 Å². The van der Waals surface area contributed by atoms with Crippen molar-refractivity contribution in [2.24, 2.45) is 5.41 Å². The minimum absolute atomic E-state index is 0.148. The highest BCUT2D eigenvalue weighted by Gasteiger charge is 2.12. The van der Waals surface area contributed by atoms with Gasteiger partial charge in [0.25, 0.3) is 0 Å². The Bertz CT molecular complexity index is 669. The largest absolute Gasteiger partial charge is 0.492 e. The molecule has 110 valence electrons. The number of aliphatic hydroxyl groups excluding tert-OH is 1. The van der Waals surface area contributed by atoms with Crippen molar-refractivity contribution in [1.82, 2.24) is 0 Å². The highest BCUT2D eigenvalue weighted by atomic mass is 16.5. The quantitative estimate of drug-likeness (QED) is 0.862. The molecule has 0 aliphatic heterocycles. The first-order valence-corrected chi connectivity index (χ1v) is 7.25. The summed E-state index contributed by atoms with van der Waals surface area (Å²) in [6, 6.07) is 12.1. The number of hydrogen-bond donors (Lipinski definition) is 1. The van der Waals surface area contributed by atoms with Gasteiger partial charge in [0.1, 0.15) is 12.4 Å². The molecule has 0 unspecified atom stereocenters. The van der Waals surface area contributed by atoms with Crippen LogP contribution in [0.4, 0.5) is 0 Å². The normalized spacial score (nSPS) is 11.0. The number of rotatable bonds is 3. The van der Waals surface area contributed by atoms with Crippen molar-refractivity contribution in [3.63, 3.8) is 0 Å². The SMILES string of the molecule is CC(C)(C)CCOc1ccc2ccccc2c1C#CCO. The molecule has 21 heavy (non-hydrogen) atoms. The van der Waals surface area contributed by atoms with E-state index < -0.39 is 0 Å². The van der Waals surface area contributed by atoms with E-state index in [0.29, 0.717) is 6.61 Å². The Labute approximate surface area is 126 Å². The van der Waals surface area contributed by atoms with Crippen molar-refractivity contribution >= 4 is 10.8 Å². The van der Waals surface area contributed by atoms with Gasteiger partial charge in [-0.15, -0.1) is 0 Å². The summed E-state index contributed by atoms with van der Waals surface area (Å²) in [6.07, 6.45) is 0.979. The Balaban J connectivity index is 2.34. The van der Waals surface area contributed by atoms with Crippen molar-refractivity contribution in [2.45, 2.75) is 27.2 Å². The summed E-state index contributed by atoms with van der Waals surface area (Å²) < 4.78 is 5.93. The molecule has 0 atom stereocenters. The number of ether oxygens (including phenoxy) is 1. The van der Waals surface area contributed by atoms with E-state index >= 15 is 0 Å². The highest BCUT2D eigenvalue weighted by Crippen LogP contribution is 2.28. The molecule has 0 aliphatic carbocycles. The average Bonchev–Trinajstić information content (AvgIpc) is 2.44. The van der Waals surface area contributed by atoms with Crippen LogP contribution >= 0.6 is 0 Å². The first kappa shape index (κ1) is 15.4. The second-order valence-corrected chi connectivity index (χ2v) is 6.28. The zero-order valence-corrected chi connectivity index (χ0v) is 12.9. The van der Waals surface area contributed by atoms with Crippen molar-refractivity contribution in [2.75, 3.05) is 13.2 Å². The minimum atomic E-state index is -0.148. The molecule has 1 N–H and O–H groups in total. The highest BCUT2D eigenvalue weighted by molar-refractivity contribution is 5.90. The van der Waals surface area contributed by atoms with E-state index in [4.69, 9.17) is 9.84 Å². The fraction of sp³-hybridized carbons (Fsp3) is 0.368. The number of fused-ring (bicyclic) bond motifs is 1. The Morgan fingerprint density at radius 3 is 2.57 bits per heavy atom. The summed E-state index contributed by atoms with van der Waals surface area (Å²) in [5, 5.41) is 11.1. The van der Waals surface area contributed by atoms with E-state index in [1.807, 2.05) is 30.3 Å². The van der Waals surface area contributed by atoms with Gasteiger partial charge in [-0.3, -0.25) is 0 Å². The van der Waals surface area contributed by atoms with Gasteiger partial charge in [-0.05, 0) is 23.3 Å². The lowest BCUT2D eigenvalue weighted by atomic mass is 9.93. The lowest BCUT2D eigenvalue weighted by molar-refractivity contribution is 0.243. The maximum absolute atomic E-state index is 8.96. The zero-order valence-electron chi connectivity index (χ0n) is 12.9. The monoisotopic (exact) mass is 282 g/mol. The van der Waals surface area contributed by atoms with Crippen LogP contribution in [0.25, 0.3) is 10.8 Å². The van der Waals surface area contributed by atoms with E-state index in [1.165, 1.54) is 0 Å². The van der Waals surface area contributed by atoms with Crippen LogP contribution in [0.1, 0.15) is 32.8 Å². The van der Waals surface area contributed by atoms with Crippen LogP contribution in [0, 0.1) is 17.3 Å². The molecule has 2 nitrogen and oxygen atoms in total. The second kappa shape index (κ2) is 6.65. The Morgan fingerprint density at radius 1 is 1.10 bits per heavy atom. The molecular formula is C19H22O2. The summed E-state index contributed by atoms with van der Waals surface area (Å²) >= 11 is 0. The van der Waals surface area contributed by atoms with E-state index in [9.17, 15) is 0 Å². The van der Waals surface area contributed by atoms with Gasteiger partial charge in [0.05, 0.1) is 12.2 Å². The maximum Gasteiger partial charge on any atom is 0.135 e. The van der Waals surface area contributed by atoms with Gasteiger partial charge in [0.2, 0.25) is 0 Å². The second-order valence-electron chi connectivity index (χ2n) is 6.28. The first-order valence-electron chi connectivity index (χ1n) is 7.25. The van der Waals surface area contributed by atoms with Gasteiger partial charge in [0.15, 0.2) is 0 Å². The molecule has 0 radical (unpaired) electrons. The third kappa shape index (κ3) is 4.24. The van der Waals surface area contributed by atoms with E-state index in [0.717, 1.165) is 28.5 Å². The minimum Gasteiger partial charge on any atom is -0.492 e. The molecule has 2 rings (SSSR count). The molecule has 0 heterocycles. The lowest BCUT2D eigenvalue weighted by Crippen LogP contribution is -2.11. The van der Waals surface area contributed by atoms with Crippen LogP contribution in [0.2, 0.25) is 0 Å². The predicted molar refractivity (Wildman–Crippen MR) is 87.5 cm³/mol. The summed E-state index contributed by atoms with van der Waals surface area (Å²) in [5.74, 6) is 6.55. The van der Waals surface area contributed by atoms with Gasteiger partial charge in [-0.2, -0.15) is 0 Å². The molecule has 0 saturated carbocycles. The Kier molecular flexibility index (Phi) is 4.88. The number of hydrogen-bond acceptors (Lipinski definition) is 2. The summed E-state index contributed by atoms with van der Waals surface area (Å²) in [4.78, 5) is 0. The lowest BCUT2D eigenvalue weighted by Gasteiger charge is -2.19. The van der Waals surface area contributed by atoms with Gasteiger partial charge < -0.3 is 9.84 Å². The van der Waals surface area contributed by atoms with Crippen LogP contribution in [0.5, 0.6) is 5.75 Å². The molecule has 0 saturated heterocycles. The van der Waals surface area contributed by atoms with Crippen LogP contribution < -0.4 is 4.74 Å². The van der Waals surface area contributed by atoms with Gasteiger partial charge >= 0.3 is 0 Å². The van der Waals surface area contributed by atoms with Crippen LogP contribution in [-0.2, 0) is 0 Å². The number of aliphatic hydroxyl groups is 1. The molecule has 2 aromatic rings. The van der Waals surface area contributed by atoms with Crippen LogP contribution in [0.15, 0.2) is 36.4 Å². The molecule has 0 fully saturated rings. The van der Waals surface area contributed by atoms with Crippen molar-refractivity contribution in [3.8, 4) is 17.6 Å². The third-order valence-corrected chi connectivity index (χ3v) is 3.29. The summed E-state index contributed by atoms with van der Waals surface area (Å²) in [6.45, 7) is 7.11. The Hall–Kier alpha value is -1.98. The topological polar surface area (TPSA) is 29.5 Å². The molecule has 0 aromatic heterocycles. The first-order chi connectivity index (χ1) is 10.0. The molecule has 0 aliphatic rings. The molecule has 0 amide bonds. The Morgan fingerprint density at radius 2 is 1.86 bits per heavy atom. The van der Waals surface area contributed by atoms with Crippen LogP contribution in [0.3, 0.4) is 0 Å². The van der Waals surface area contributed by atoms with E-state index in [1.54, 1.807) is 0 Å². The van der Waals surface area contributed by atoms with E-state index in [-0.39, 0.29) is 12.0 Å². The smallest absolute Gasteiger partial charge is 0.135 e. The number of benzene rings is 2. The standard InChI is InChI=1S/C19H22O2/c1-19(2,3)12-14-21-18-11-10-15-7-4-5-8-16(15)17(18)9-6-13-20/h4-5,7-8,10-11,20H,12-14H2,1-3H3. The third-order valence-electron chi connectivity index (χ3n) is 3.29. The molecule has 0 bridgehead atoms. The zero-order chi connectivity index (χ0) is 15.3. The van der Waals surface area contributed by atoms with Crippen molar-refractivity contribution in [1.29, 1.82) is 0 Å². The van der Waals surface area contributed by atoms with Crippen molar-refractivity contribution in [3.05, 3.63) is 42.0 Å². The predicted octanol–water partition coefficient (Wildman–Crippen LogP) is 4.00. The average molecular weight is 282 g/mol. The van der Waals surface area contributed by atoms with E-state index in [2.05, 4.69) is 38.7 Å². The van der Waals surface area contributed by atoms with Gasteiger partial charge in [-0.1, -0.05) is 62.9 Å². The maximum atomic E-state index is 8.96. The molecule has 2 aromatic carbocycles. The molecular weight excluding hydrogens is 260 g/mol. The fourth-order valence-corrected chi connectivity index (χ4v) is 2.10. The summed E-state index contributed by atoms with van der Waals surface area (Å²) in [5.41, 5.74) is 1.10. The summed E-state index contributed by atoms with van der Waals surface area (Å²) in [7, 11) is 0. The van der Waals surface area contributed by atoms with Gasteiger partial charge in [0, 0.05) is 5.39 Å². The van der Waals surface area contributed by atoms with Gasteiger partial charge in [-0.25, -0.2) is 0 Å². The molecule has 2 heteroatoms.